The standard InChI is InChI=1S/C13H18BrN5O/c1-4-12(19-8-10(14)7-16-19)13(20)17(2)9-11-5-6-15-18(11)3/h5-8,12H,4,9H2,1-3H3. The Morgan fingerprint density at radius 3 is 2.75 bits per heavy atom. The molecule has 0 saturated heterocycles. The minimum absolute atomic E-state index is 0.0456. The third-order valence-corrected chi connectivity index (χ3v) is 3.67. The molecule has 7 heteroatoms. The molecular weight excluding hydrogens is 322 g/mol. The van der Waals surface area contributed by atoms with Crippen LogP contribution in [0, 0.1) is 0 Å². The van der Waals surface area contributed by atoms with Gasteiger partial charge in [0, 0.05) is 26.5 Å². The quantitative estimate of drug-likeness (QED) is 0.836. The average Bonchev–Trinajstić information content (AvgIpc) is 3.00. The molecule has 0 fully saturated rings. The highest BCUT2D eigenvalue weighted by Gasteiger charge is 2.23. The maximum Gasteiger partial charge on any atom is 0.247 e. The zero-order valence-electron chi connectivity index (χ0n) is 11.8. The van der Waals surface area contributed by atoms with Crippen LogP contribution in [-0.2, 0) is 18.4 Å². The fourth-order valence-corrected chi connectivity index (χ4v) is 2.39. The first-order valence-corrected chi connectivity index (χ1v) is 7.23. The lowest BCUT2D eigenvalue weighted by molar-refractivity contribution is -0.134. The van der Waals surface area contributed by atoms with Crippen molar-refractivity contribution in [2.24, 2.45) is 7.05 Å². The summed E-state index contributed by atoms with van der Waals surface area (Å²) in [6.07, 6.45) is 5.94. The van der Waals surface area contributed by atoms with Gasteiger partial charge in [-0.1, -0.05) is 6.92 Å². The summed E-state index contributed by atoms with van der Waals surface area (Å²) in [4.78, 5) is 14.3. The van der Waals surface area contributed by atoms with Crippen molar-refractivity contribution in [3.05, 3.63) is 34.8 Å². The van der Waals surface area contributed by atoms with Crippen molar-refractivity contribution in [1.82, 2.24) is 24.5 Å². The summed E-state index contributed by atoms with van der Waals surface area (Å²) in [6, 6.07) is 1.63. The number of halogens is 1. The van der Waals surface area contributed by atoms with E-state index in [2.05, 4.69) is 26.1 Å². The number of likely N-dealkylation sites (N-methyl/N-ethyl adjacent to an activating group) is 1. The average molecular weight is 340 g/mol. The number of carbonyl (C=O) groups excluding carboxylic acids is 1. The highest BCUT2D eigenvalue weighted by Crippen LogP contribution is 2.17. The van der Waals surface area contributed by atoms with Gasteiger partial charge in [0.15, 0.2) is 0 Å². The van der Waals surface area contributed by atoms with Crippen molar-refractivity contribution in [2.75, 3.05) is 7.05 Å². The molecule has 0 aliphatic heterocycles. The number of carbonyl (C=O) groups is 1. The molecule has 2 aromatic rings. The van der Waals surface area contributed by atoms with Crippen LogP contribution in [0.2, 0.25) is 0 Å². The van der Waals surface area contributed by atoms with Crippen LogP contribution in [-0.4, -0.2) is 37.4 Å². The van der Waals surface area contributed by atoms with Crippen LogP contribution < -0.4 is 0 Å². The molecule has 20 heavy (non-hydrogen) atoms. The van der Waals surface area contributed by atoms with Crippen molar-refractivity contribution in [3.8, 4) is 0 Å². The van der Waals surface area contributed by atoms with Gasteiger partial charge in [0.05, 0.1) is 22.9 Å². The first-order chi connectivity index (χ1) is 9.52. The molecule has 1 amide bonds. The van der Waals surface area contributed by atoms with Crippen molar-refractivity contribution < 1.29 is 4.79 Å². The normalized spacial score (nSPS) is 12.4. The minimum Gasteiger partial charge on any atom is -0.338 e. The number of amides is 1. The molecule has 1 atom stereocenters. The number of hydrogen-bond acceptors (Lipinski definition) is 3. The van der Waals surface area contributed by atoms with E-state index in [0.717, 1.165) is 10.2 Å². The van der Waals surface area contributed by atoms with E-state index < -0.39 is 0 Å². The Hall–Kier alpha value is -1.63. The van der Waals surface area contributed by atoms with E-state index in [1.165, 1.54) is 0 Å². The van der Waals surface area contributed by atoms with Gasteiger partial charge in [0.1, 0.15) is 6.04 Å². The van der Waals surface area contributed by atoms with Crippen LogP contribution in [0.25, 0.3) is 0 Å². The maximum atomic E-state index is 12.5. The van der Waals surface area contributed by atoms with Crippen LogP contribution in [0.4, 0.5) is 0 Å². The lowest BCUT2D eigenvalue weighted by atomic mass is 10.2. The monoisotopic (exact) mass is 339 g/mol. The Bertz CT molecular complexity index is 591. The van der Waals surface area contributed by atoms with E-state index >= 15 is 0 Å². The summed E-state index contributed by atoms with van der Waals surface area (Å²) in [7, 11) is 3.67. The van der Waals surface area contributed by atoms with Crippen LogP contribution in [0.15, 0.2) is 29.1 Å². The number of hydrogen-bond donors (Lipinski definition) is 0. The first-order valence-electron chi connectivity index (χ1n) is 6.44. The second-order valence-corrected chi connectivity index (χ2v) is 5.62. The van der Waals surface area contributed by atoms with E-state index in [0.29, 0.717) is 13.0 Å². The van der Waals surface area contributed by atoms with Gasteiger partial charge in [-0.15, -0.1) is 0 Å². The first kappa shape index (κ1) is 14.8. The molecule has 108 valence electrons. The van der Waals surface area contributed by atoms with Crippen LogP contribution in [0.3, 0.4) is 0 Å². The molecule has 0 spiro atoms. The van der Waals surface area contributed by atoms with Crippen LogP contribution >= 0.6 is 15.9 Å². The molecule has 0 aromatic carbocycles. The molecule has 0 bridgehead atoms. The largest absolute Gasteiger partial charge is 0.338 e. The summed E-state index contributed by atoms with van der Waals surface area (Å²) in [5, 5.41) is 8.32. The molecule has 0 saturated carbocycles. The van der Waals surface area contributed by atoms with Crippen molar-refractivity contribution in [3.63, 3.8) is 0 Å². The molecule has 0 radical (unpaired) electrons. The summed E-state index contributed by atoms with van der Waals surface area (Å²) in [5.41, 5.74) is 0.998. The topological polar surface area (TPSA) is 56.0 Å². The smallest absolute Gasteiger partial charge is 0.247 e. The molecule has 2 aromatic heterocycles. The second kappa shape index (κ2) is 6.21. The second-order valence-electron chi connectivity index (χ2n) is 4.70. The number of aryl methyl sites for hydroxylation is 1. The predicted molar refractivity (Wildman–Crippen MR) is 78.9 cm³/mol. The Labute approximate surface area is 126 Å². The molecule has 0 aliphatic rings. The Morgan fingerprint density at radius 1 is 1.50 bits per heavy atom. The van der Waals surface area contributed by atoms with Gasteiger partial charge in [0.25, 0.3) is 0 Å². The number of rotatable bonds is 5. The van der Waals surface area contributed by atoms with Crippen LogP contribution in [0.1, 0.15) is 25.1 Å². The van der Waals surface area contributed by atoms with Gasteiger partial charge in [-0.2, -0.15) is 10.2 Å². The van der Waals surface area contributed by atoms with Gasteiger partial charge >= 0.3 is 0 Å². The van der Waals surface area contributed by atoms with Gasteiger partial charge in [-0.05, 0) is 28.4 Å². The summed E-state index contributed by atoms with van der Waals surface area (Å²) in [6.45, 7) is 2.52. The molecule has 2 heterocycles. The summed E-state index contributed by atoms with van der Waals surface area (Å²) < 4.78 is 4.35. The van der Waals surface area contributed by atoms with E-state index in [1.807, 2.05) is 26.2 Å². The molecule has 2 rings (SSSR count). The maximum absolute atomic E-state index is 12.5. The van der Waals surface area contributed by atoms with Gasteiger partial charge in [0.2, 0.25) is 5.91 Å². The van der Waals surface area contributed by atoms with Crippen LogP contribution in [0.5, 0.6) is 0 Å². The van der Waals surface area contributed by atoms with Crippen molar-refractivity contribution in [1.29, 1.82) is 0 Å². The Morgan fingerprint density at radius 2 is 2.25 bits per heavy atom. The van der Waals surface area contributed by atoms with E-state index in [9.17, 15) is 4.79 Å². The highest BCUT2D eigenvalue weighted by atomic mass is 79.9. The van der Waals surface area contributed by atoms with Gasteiger partial charge in [-0.3, -0.25) is 14.2 Å². The fraction of sp³-hybridized carbons (Fsp3) is 0.462. The number of nitrogens with zero attached hydrogens (tertiary/aromatic N) is 5. The van der Waals surface area contributed by atoms with Gasteiger partial charge in [-0.25, -0.2) is 0 Å². The lowest BCUT2D eigenvalue weighted by Crippen LogP contribution is -2.34. The van der Waals surface area contributed by atoms with Crippen molar-refractivity contribution in [2.45, 2.75) is 25.9 Å². The molecular formula is C13H18BrN5O. The van der Waals surface area contributed by atoms with E-state index in [4.69, 9.17) is 0 Å². The van der Waals surface area contributed by atoms with E-state index in [-0.39, 0.29) is 11.9 Å². The molecule has 0 aliphatic carbocycles. The Kier molecular flexibility index (Phi) is 4.59. The minimum atomic E-state index is -0.278. The predicted octanol–water partition coefficient (Wildman–Crippen LogP) is 1.99. The summed E-state index contributed by atoms with van der Waals surface area (Å²) >= 11 is 3.35. The fourth-order valence-electron chi connectivity index (χ4n) is 2.09. The number of aromatic nitrogens is 4. The van der Waals surface area contributed by atoms with Gasteiger partial charge < -0.3 is 4.90 Å². The third kappa shape index (κ3) is 3.09. The molecule has 0 N–H and O–H groups in total. The Balaban J connectivity index is 2.10. The third-order valence-electron chi connectivity index (χ3n) is 3.26. The zero-order valence-corrected chi connectivity index (χ0v) is 13.4. The molecule has 6 nitrogen and oxygen atoms in total. The summed E-state index contributed by atoms with van der Waals surface area (Å²) in [5.74, 6) is 0.0456. The van der Waals surface area contributed by atoms with Crippen molar-refractivity contribution >= 4 is 21.8 Å². The molecule has 1 unspecified atom stereocenters. The lowest BCUT2D eigenvalue weighted by Gasteiger charge is -2.23. The highest BCUT2D eigenvalue weighted by molar-refractivity contribution is 9.10. The van der Waals surface area contributed by atoms with E-state index in [1.54, 1.807) is 33.7 Å². The SMILES string of the molecule is CCC(C(=O)N(C)Cc1ccnn1C)n1cc(Br)cn1. The zero-order chi connectivity index (χ0) is 14.7.